The molecule has 0 radical (unpaired) electrons. The van der Waals surface area contributed by atoms with Crippen molar-refractivity contribution in [2.24, 2.45) is 0 Å². The summed E-state index contributed by atoms with van der Waals surface area (Å²) in [5.74, 6) is 0.771. The highest BCUT2D eigenvalue weighted by Gasteiger charge is 2.32. The number of amides is 2. The van der Waals surface area contributed by atoms with Gasteiger partial charge in [-0.15, -0.1) is 0 Å². The second-order valence-corrected chi connectivity index (χ2v) is 9.96. The number of aromatic nitrogens is 2. The number of nitrogens with one attached hydrogen (secondary N) is 2. The Balaban J connectivity index is 1.26. The Bertz CT molecular complexity index is 1330. The summed E-state index contributed by atoms with van der Waals surface area (Å²) in [6, 6.07) is 13.1. The number of benzene rings is 2. The molecule has 0 unspecified atom stereocenters. The van der Waals surface area contributed by atoms with Crippen LogP contribution in [0.15, 0.2) is 48.7 Å². The maximum atomic E-state index is 13.3. The summed E-state index contributed by atoms with van der Waals surface area (Å²) in [4.78, 5) is 41.9. The zero-order chi connectivity index (χ0) is 26.8. The summed E-state index contributed by atoms with van der Waals surface area (Å²) in [5, 5.41) is 6.93. The molecule has 2 N–H and O–H groups in total. The maximum Gasteiger partial charge on any atom is 0.265 e. The van der Waals surface area contributed by atoms with Gasteiger partial charge in [-0.3, -0.25) is 14.5 Å². The Morgan fingerprint density at radius 1 is 1.03 bits per heavy atom. The van der Waals surface area contributed by atoms with Crippen LogP contribution in [0.4, 0.5) is 28.8 Å². The highest BCUT2D eigenvalue weighted by molar-refractivity contribution is 6.40. The molecule has 2 amide bonds. The predicted octanol–water partition coefficient (Wildman–Crippen LogP) is 3.45. The smallest absolute Gasteiger partial charge is 0.265 e. The number of hydrogen-bond acceptors (Lipinski definition) is 8. The monoisotopic (exact) mass is 554 g/mol. The van der Waals surface area contributed by atoms with E-state index >= 15 is 0 Å². The fourth-order valence-electron chi connectivity index (χ4n) is 4.64. The molecule has 38 heavy (non-hydrogen) atoms. The highest BCUT2D eigenvalue weighted by Crippen LogP contribution is 2.37. The highest BCUT2D eigenvalue weighted by atomic mass is 35.5. The Morgan fingerprint density at radius 3 is 2.37 bits per heavy atom. The van der Waals surface area contributed by atoms with E-state index in [9.17, 15) is 9.59 Å². The predicted molar refractivity (Wildman–Crippen MR) is 151 cm³/mol. The van der Waals surface area contributed by atoms with Crippen molar-refractivity contribution in [2.45, 2.75) is 0 Å². The fraction of sp³-hybridized carbons (Fsp3) is 0.308. The third-order valence-corrected chi connectivity index (χ3v) is 7.23. The largest absolute Gasteiger partial charge is 0.368 e. The molecule has 0 aliphatic carbocycles. The molecule has 0 bridgehead atoms. The number of para-hydroxylation sites is 1. The van der Waals surface area contributed by atoms with Crippen molar-refractivity contribution in [1.29, 1.82) is 0 Å². The zero-order valence-electron chi connectivity index (χ0n) is 21.1. The number of carbonyl (C=O) groups excluding carboxylic acids is 2. The van der Waals surface area contributed by atoms with Crippen LogP contribution in [0.3, 0.4) is 0 Å². The second-order valence-electron chi connectivity index (χ2n) is 9.14. The van der Waals surface area contributed by atoms with E-state index in [1.165, 1.54) is 11.1 Å². The third-order valence-electron chi connectivity index (χ3n) is 6.62. The first-order valence-corrected chi connectivity index (χ1v) is 13.0. The summed E-state index contributed by atoms with van der Waals surface area (Å²) in [7, 11) is 3.63. The number of piperazine rings is 1. The lowest BCUT2D eigenvalue weighted by molar-refractivity contribution is -0.130. The van der Waals surface area contributed by atoms with Crippen molar-refractivity contribution in [3.05, 3.63) is 64.3 Å². The molecular formula is C26H28Cl2N8O2. The van der Waals surface area contributed by atoms with Crippen LogP contribution < -0.4 is 25.3 Å². The fourth-order valence-corrected chi connectivity index (χ4v) is 5.25. The van der Waals surface area contributed by atoms with Crippen molar-refractivity contribution >= 4 is 63.8 Å². The number of carbonyl (C=O) groups is 2. The molecule has 5 rings (SSSR count). The number of hydrogen-bond donors (Lipinski definition) is 2. The number of anilines is 5. The minimum Gasteiger partial charge on any atom is -0.368 e. The number of rotatable bonds is 6. The van der Waals surface area contributed by atoms with Gasteiger partial charge in [0.1, 0.15) is 11.4 Å². The van der Waals surface area contributed by atoms with Gasteiger partial charge in [0.25, 0.3) is 5.91 Å². The van der Waals surface area contributed by atoms with Gasteiger partial charge in [0.15, 0.2) is 0 Å². The lowest BCUT2D eigenvalue weighted by atomic mass is 10.2. The van der Waals surface area contributed by atoms with E-state index in [1.807, 2.05) is 41.1 Å². The Labute approximate surface area is 231 Å². The SMILES string of the molecule is CNCC(=O)N1CCN(c2ccc(Nc3ncc4c(n3)N(C)CN(c3c(Cl)cccc3Cl)C4=O)cc2)CC1. The van der Waals surface area contributed by atoms with E-state index in [-0.39, 0.29) is 18.5 Å². The molecule has 0 saturated carbocycles. The standard InChI is InChI=1S/C26H28Cl2N8O2/c1-29-15-22(37)35-12-10-34(11-13-35)18-8-6-17(7-9-18)31-26-30-14-19-24(32-26)33(2)16-36(25(19)38)23-20(27)4-3-5-21(23)28/h3-9,14,29H,10-13,15-16H2,1-2H3,(H,30,31,32). The molecule has 2 aliphatic rings. The van der Waals surface area contributed by atoms with Crippen LogP contribution in [0, 0.1) is 0 Å². The number of fused-ring (bicyclic) bond motifs is 1. The molecule has 12 heteroatoms. The van der Waals surface area contributed by atoms with Crippen LogP contribution in [-0.2, 0) is 4.79 Å². The van der Waals surface area contributed by atoms with Crippen molar-refractivity contribution in [2.75, 3.05) is 73.5 Å². The molecular weight excluding hydrogens is 527 g/mol. The van der Waals surface area contributed by atoms with Gasteiger partial charge in [0.2, 0.25) is 11.9 Å². The number of likely N-dealkylation sites (N-methyl/N-ethyl adjacent to an activating group) is 1. The quantitative estimate of drug-likeness (QED) is 0.478. The van der Waals surface area contributed by atoms with Crippen LogP contribution in [0.5, 0.6) is 0 Å². The van der Waals surface area contributed by atoms with Crippen molar-refractivity contribution in [1.82, 2.24) is 20.2 Å². The first kappa shape index (κ1) is 26.0. The van der Waals surface area contributed by atoms with Gasteiger partial charge in [-0.05, 0) is 43.4 Å². The molecule has 1 aromatic heterocycles. The van der Waals surface area contributed by atoms with Gasteiger partial charge < -0.3 is 25.3 Å². The minimum atomic E-state index is -0.267. The third kappa shape index (κ3) is 5.20. The van der Waals surface area contributed by atoms with Crippen LogP contribution in [0.2, 0.25) is 10.0 Å². The maximum absolute atomic E-state index is 13.3. The zero-order valence-corrected chi connectivity index (χ0v) is 22.6. The first-order valence-electron chi connectivity index (χ1n) is 12.2. The van der Waals surface area contributed by atoms with Crippen LogP contribution >= 0.6 is 23.2 Å². The number of nitrogens with zero attached hydrogens (tertiary/aromatic N) is 6. The lowest BCUT2D eigenvalue weighted by Gasteiger charge is -2.36. The van der Waals surface area contributed by atoms with Crippen LogP contribution in [0.1, 0.15) is 10.4 Å². The molecule has 198 valence electrons. The second kappa shape index (κ2) is 11.0. The molecule has 0 spiro atoms. The number of halogens is 2. The van der Waals surface area contributed by atoms with E-state index < -0.39 is 0 Å². The van der Waals surface area contributed by atoms with E-state index in [0.717, 1.165) is 24.5 Å². The average molecular weight is 555 g/mol. The molecule has 2 aromatic carbocycles. The Kier molecular flexibility index (Phi) is 7.55. The lowest BCUT2D eigenvalue weighted by Crippen LogP contribution is -2.50. The van der Waals surface area contributed by atoms with E-state index in [2.05, 4.69) is 25.5 Å². The summed E-state index contributed by atoms with van der Waals surface area (Å²) >= 11 is 12.7. The van der Waals surface area contributed by atoms with Crippen LogP contribution in [0.25, 0.3) is 0 Å². The van der Waals surface area contributed by atoms with Crippen LogP contribution in [-0.4, -0.2) is 80.2 Å². The van der Waals surface area contributed by atoms with Gasteiger partial charge in [-0.25, -0.2) is 4.98 Å². The van der Waals surface area contributed by atoms with E-state index in [0.29, 0.717) is 52.7 Å². The molecule has 1 saturated heterocycles. The molecule has 3 aromatic rings. The van der Waals surface area contributed by atoms with Crippen molar-refractivity contribution in [3.63, 3.8) is 0 Å². The molecule has 10 nitrogen and oxygen atoms in total. The van der Waals surface area contributed by atoms with Gasteiger partial charge >= 0.3 is 0 Å². The van der Waals surface area contributed by atoms with Gasteiger partial charge in [-0.2, -0.15) is 4.98 Å². The topological polar surface area (TPSA) is 96.9 Å². The molecule has 0 atom stereocenters. The van der Waals surface area contributed by atoms with Gasteiger partial charge in [0, 0.05) is 50.8 Å². The minimum absolute atomic E-state index is 0.129. The van der Waals surface area contributed by atoms with Crippen molar-refractivity contribution < 1.29 is 9.59 Å². The summed E-state index contributed by atoms with van der Waals surface area (Å²) in [6.45, 7) is 3.59. The summed E-state index contributed by atoms with van der Waals surface area (Å²) < 4.78 is 0. The average Bonchev–Trinajstić information content (AvgIpc) is 2.92. The summed E-state index contributed by atoms with van der Waals surface area (Å²) in [5.41, 5.74) is 2.74. The Hall–Kier alpha value is -3.60. The van der Waals surface area contributed by atoms with Gasteiger partial charge in [-0.1, -0.05) is 29.3 Å². The normalized spacial score (nSPS) is 15.5. The summed E-state index contributed by atoms with van der Waals surface area (Å²) in [6.07, 6.45) is 1.52. The first-order chi connectivity index (χ1) is 18.4. The molecule has 3 heterocycles. The van der Waals surface area contributed by atoms with E-state index in [1.54, 1.807) is 25.2 Å². The van der Waals surface area contributed by atoms with Crippen molar-refractivity contribution in [3.8, 4) is 0 Å². The van der Waals surface area contributed by atoms with Gasteiger partial charge in [0.05, 0.1) is 28.9 Å². The van der Waals surface area contributed by atoms with E-state index in [4.69, 9.17) is 23.2 Å². The molecule has 2 aliphatic heterocycles. The Morgan fingerprint density at radius 2 is 1.71 bits per heavy atom. The molecule has 1 fully saturated rings.